The fourth-order valence-electron chi connectivity index (χ4n) is 2.57. The smallest absolute Gasteiger partial charge is 0.342 e. The van der Waals surface area contributed by atoms with Crippen LogP contribution in [-0.2, 0) is 19.6 Å². The van der Waals surface area contributed by atoms with Gasteiger partial charge < -0.3 is 14.8 Å². The largest absolute Gasteiger partial charge is 0.496 e. The molecule has 0 radical (unpaired) electrons. The summed E-state index contributed by atoms with van der Waals surface area (Å²) in [5.74, 6) is -1.13. The minimum Gasteiger partial charge on any atom is -0.496 e. The van der Waals surface area contributed by atoms with E-state index in [0.29, 0.717) is 0 Å². The van der Waals surface area contributed by atoms with E-state index in [1.165, 1.54) is 19.2 Å². The third-order valence-corrected chi connectivity index (χ3v) is 4.69. The molecule has 3 N–H and O–H groups in total. The average molecular weight is 356 g/mol. The molecule has 2 rings (SSSR count). The van der Waals surface area contributed by atoms with E-state index in [4.69, 9.17) is 14.6 Å². The Morgan fingerprint density at radius 1 is 1.29 bits per heavy atom. The first-order valence-electron chi connectivity index (χ1n) is 7.48. The zero-order chi connectivity index (χ0) is 17.7. The van der Waals surface area contributed by atoms with Gasteiger partial charge in [-0.05, 0) is 31.0 Å². The molecule has 0 spiro atoms. The number of carbonyl (C=O) groups excluding carboxylic acids is 2. The first-order valence-corrected chi connectivity index (χ1v) is 9.03. The Bertz CT molecular complexity index is 725. The zero-order valence-electron chi connectivity index (χ0n) is 13.3. The number of amides is 1. The van der Waals surface area contributed by atoms with Crippen LogP contribution in [0.25, 0.3) is 0 Å². The summed E-state index contributed by atoms with van der Waals surface area (Å²) in [6.07, 6.45) is 3.98. The van der Waals surface area contributed by atoms with Crippen molar-refractivity contribution in [1.29, 1.82) is 0 Å². The highest BCUT2D eigenvalue weighted by atomic mass is 32.2. The Morgan fingerprint density at radius 2 is 1.96 bits per heavy atom. The Morgan fingerprint density at radius 3 is 2.54 bits per heavy atom. The second kappa shape index (κ2) is 7.63. The molecule has 0 unspecified atom stereocenters. The number of benzene rings is 1. The van der Waals surface area contributed by atoms with E-state index in [-0.39, 0.29) is 22.3 Å². The summed E-state index contributed by atoms with van der Waals surface area (Å²) in [7, 11) is -2.64. The standard InChI is InChI=1S/C15H20N2O6S/c1-22-13-7-6-11(24(16,20)21)8-12(13)15(19)23-9-14(18)17-10-4-2-3-5-10/h6-8,10H,2-5,9H2,1H3,(H,17,18)(H2,16,20,21). The molecule has 0 bridgehead atoms. The topological polar surface area (TPSA) is 125 Å². The molecule has 0 heterocycles. The van der Waals surface area contributed by atoms with Gasteiger partial charge >= 0.3 is 5.97 Å². The van der Waals surface area contributed by atoms with Gasteiger partial charge in [-0.25, -0.2) is 18.4 Å². The number of rotatable bonds is 6. The van der Waals surface area contributed by atoms with Crippen molar-refractivity contribution in [2.75, 3.05) is 13.7 Å². The van der Waals surface area contributed by atoms with Crippen LogP contribution in [0.15, 0.2) is 23.1 Å². The van der Waals surface area contributed by atoms with Crippen LogP contribution < -0.4 is 15.2 Å². The van der Waals surface area contributed by atoms with E-state index in [9.17, 15) is 18.0 Å². The van der Waals surface area contributed by atoms with Crippen LogP contribution in [0, 0.1) is 0 Å². The van der Waals surface area contributed by atoms with Gasteiger partial charge in [-0.2, -0.15) is 0 Å². The maximum absolute atomic E-state index is 12.1. The monoisotopic (exact) mass is 356 g/mol. The lowest BCUT2D eigenvalue weighted by atomic mass is 10.2. The summed E-state index contributed by atoms with van der Waals surface area (Å²) < 4.78 is 32.7. The summed E-state index contributed by atoms with van der Waals surface area (Å²) in [6, 6.07) is 3.70. The summed E-state index contributed by atoms with van der Waals surface area (Å²) in [5, 5.41) is 7.83. The quantitative estimate of drug-likeness (QED) is 0.718. The second-order valence-electron chi connectivity index (χ2n) is 5.53. The number of hydrogen-bond acceptors (Lipinski definition) is 6. The maximum Gasteiger partial charge on any atom is 0.342 e. The van der Waals surface area contributed by atoms with Gasteiger partial charge in [0.15, 0.2) is 6.61 Å². The van der Waals surface area contributed by atoms with Crippen molar-refractivity contribution in [1.82, 2.24) is 5.32 Å². The van der Waals surface area contributed by atoms with Gasteiger partial charge in [-0.15, -0.1) is 0 Å². The Labute approximate surface area is 140 Å². The number of nitrogens with one attached hydrogen (secondary N) is 1. The van der Waals surface area contributed by atoms with Gasteiger partial charge in [0.2, 0.25) is 10.0 Å². The Balaban J connectivity index is 2.04. The number of methoxy groups -OCH3 is 1. The second-order valence-corrected chi connectivity index (χ2v) is 7.09. The molecule has 1 aromatic rings. The highest BCUT2D eigenvalue weighted by Crippen LogP contribution is 2.23. The lowest BCUT2D eigenvalue weighted by molar-refractivity contribution is -0.124. The molecule has 0 saturated heterocycles. The van der Waals surface area contributed by atoms with E-state index < -0.39 is 28.5 Å². The lowest BCUT2D eigenvalue weighted by Crippen LogP contribution is -2.35. The van der Waals surface area contributed by atoms with Gasteiger partial charge in [-0.3, -0.25) is 4.79 Å². The molecule has 1 fully saturated rings. The van der Waals surface area contributed by atoms with E-state index in [1.54, 1.807) is 0 Å². The summed E-state index contributed by atoms with van der Waals surface area (Å²) in [5.41, 5.74) is -0.113. The molecule has 9 heteroatoms. The van der Waals surface area contributed by atoms with Gasteiger partial charge in [0.05, 0.1) is 12.0 Å². The molecule has 24 heavy (non-hydrogen) atoms. The van der Waals surface area contributed by atoms with Crippen molar-refractivity contribution in [2.45, 2.75) is 36.6 Å². The number of hydrogen-bond donors (Lipinski definition) is 2. The van der Waals surface area contributed by atoms with Crippen molar-refractivity contribution in [3.05, 3.63) is 23.8 Å². The van der Waals surface area contributed by atoms with E-state index in [1.807, 2.05) is 0 Å². The Kier molecular flexibility index (Phi) is 5.79. The molecule has 132 valence electrons. The molecular formula is C15H20N2O6S. The summed E-state index contributed by atoms with van der Waals surface area (Å²) in [6.45, 7) is -0.446. The third kappa shape index (κ3) is 4.68. The van der Waals surface area contributed by atoms with Crippen molar-refractivity contribution in [3.63, 3.8) is 0 Å². The lowest BCUT2D eigenvalue weighted by Gasteiger charge is -2.13. The number of esters is 1. The van der Waals surface area contributed by atoms with Crippen molar-refractivity contribution in [2.24, 2.45) is 5.14 Å². The van der Waals surface area contributed by atoms with Crippen LogP contribution in [0.1, 0.15) is 36.0 Å². The number of sulfonamides is 1. The zero-order valence-corrected chi connectivity index (χ0v) is 14.1. The number of ether oxygens (including phenoxy) is 2. The average Bonchev–Trinajstić information content (AvgIpc) is 3.04. The van der Waals surface area contributed by atoms with E-state index in [0.717, 1.165) is 31.7 Å². The van der Waals surface area contributed by atoms with Crippen LogP contribution in [0.5, 0.6) is 5.75 Å². The van der Waals surface area contributed by atoms with Gasteiger partial charge in [0, 0.05) is 6.04 Å². The molecule has 0 aromatic heterocycles. The fourth-order valence-corrected chi connectivity index (χ4v) is 3.11. The molecule has 1 amide bonds. The molecule has 8 nitrogen and oxygen atoms in total. The number of nitrogens with two attached hydrogens (primary N) is 1. The first-order chi connectivity index (χ1) is 11.3. The SMILES string of the molecule is COc1ccc(S(N)(=O)=O)cc1C(=O)OCC(=O)NC1CCCC1. The molecule has 0 atom stereocenters. The molecule has 1 aromatic carbocycles. The number of carbonyl (C=O) groups is 2. The third-order valence-electron chi connectivity index (χ3n) is 3.77. The van der Waals surface area contributed by atoms with Gasteiger partial charge in [0.1, 0.15) is 11.3 Å². The van der Waals surface area contributed by atoms with Gasteiger partial charge in [-0.1, -0.05) is 12.8 Å². The van der Waals surface area contributed by atoms with Crippen molar-refractivity contribution >= 4 is 21.9 Å². The molecule has 0 aliphatic heterocycles. The molecule has 1 aliphatic carbocycles. The normalized spacial score (nSPS) is 15.1. The van der Waals surface area contributed by atoms with Gasteiger partial charge in [0.25, 0.3) is 5.91 Å². The highest BCUT2D eigenvalue weighted by molar-refractivity contribution is 7.89. The summed E-state index contributed by atoms with van der Waals surface area (Å²) in [4.78, 5) is 23.7. The van der Waals surface area contributed by atoms with Crippen molar-refractivity contribution in [3.8, 4) is 5.75 Å². The molecular weight excluding hydrogens is 336 g/mol. The van der Waals surface area contributed by atoms with Crippen LogP contribution in [0.4, 0.5) is 0 Å². The highest BCUT2D eigenvalue weighted by Gasteiger charge is 2.21. The van der Waals surface area contributed by atoms with Crippen LogP contribution in [0.2, 0.25) is 0 Å². The maximum atomic E-state index is 12.1. The minimum absolute atomic E-state index is 0.113. The predicted molar refractivity (Wildman–Crippen MR) is 85.0 cm³/mol. The predicted octanol–water partition coefficient (Wildman–Crippen LogP) is 0.558. The first kappa shape index (κ1) is 18.2. The van der Waals surface area contributed by atoms with Crippen LogP contribution in [0.3, 0.4) is 0 Å². The summed E-state index contributed by atoms with van der Waals surface area (Å²) >= 11 is 0. The minimum atomic E-state index is -3.97. The Hall–Kier alpha value is -2.13. The number of primary sulfonamides is 1. The van der Waals surface area contributed by atoms with E-state index >= 15 is 0 Å². The molecule has 1 saturated carbocycles. The van der Waals surface area contributed by atoms with Crippen LogP contribution in [-0.4, -0.2) is 40.1 Å². The molecule has 1 aliphatic rings. The fraction of sp³-hybridized carbons (Fsp3) is 0.467. The van der Waals surface area contributed by atoms with Crippen LogP contribution >= 0.6 is 0 Å². The van der Waals surface area contributed by atoms with Crippen molar-refractivity contribution < 1.29 is 27.5 Å². The van der Waals surface area contributed by atoms with E-state index in [2.05, 4.69) is 5.32 Å².